The number of hydrogen-bond acceptors (Lipinski definition) is 1. The van der Waals surface area contributed by atoms with E-state index in [1.165, 1.54) is 0 Å². The predicted octanol–water partition coefficient (Wildman–Crippen LogP) is 4.24. The molecule has 2 heteroatoms. The van der Waals surface area contributed by atoms with Gasteiger partial charge in [-0.15, -0.1) is 0 Å². The summed E-state index contributed by atoms with van der Waals surface area (Å²) in [5.41, 5.74) is 2.60. The number of hydrogen-bond donors (Lipinski definition) is 0. The SMILES string of the molecule is CCc1ccccc1C(=O)c1ccccc1Br. The molecule has 0 aliphatic heterocycles. The lowest BCUT2D eigenvalue weighted by molar-refractivity contribution is 0.103. The van der Waals surface area contributed by atoms with Crippen LogP contribution >= 0.6 is 15.9 Å². The highest BCUT2D eigenvalue weighted by Gasteiger charge is 2.14. The fourth-order valence-electron chi connectivity index (χ4n) is 1.84. The van der Waals surface area contributed by atoms with Crippen molar-refractivity contribution >= 4 is 21.7 Å². The number of aryl methyl sites for hydroxylation is 1. The predicted molar refractivity (Wildman–Crippen MR) is 73.4 cm³/mol. The minimum Gasteiger partial charge on any atom is -0.289 e. The first kappa shape index (κ1) is 12.1. The van der Waals surface area contributed by atoms with E-state index in [1.54, 1.807) is 0 Å². The summed E-state index contributed by atoms with van der Waals surface area (Å²) in [5.74, 6) is 0.0786. The van der Waals surface area contributed by atoms with Crippen LogP contribution in [-0.2, 0) is 6.42 Å². The Bertz CT molecular complexity index is 546. The van der Waals surface area contributed by atoms with Crippen LogP contribution in [0.15, 0.2) is 53.0 Å². The van der Waals surface area contributed by atoms with Gasteiger partial charge in [0.1, 0.15) is 0 Å². The van der Waals surface area contributed by atoms with Gasteiger partial charge in [0.25, 0.3) is 0 Å². The van der Waals surface area contributed by atoms with E-state index in [-0.39, 0.29) is 5.78 Å². The number of ketones is 1. The fraction of sp³-hybridized carbons (Fsp3) is 0.133. The van der Waals surface area contributed by atoms with Gasteiger partial charge in [0.05, 0.1) is 0 Å². The zero-order valence-electron chi connectivity index (χ0n) is 9.61. The topological polar surface area (TPSA) is 17.1 Å². The van der Waals surface area contributed by atoms with E-state index < -0.39 is 0 Å². The minimum atomic E-state index is 0.0786. The standard InChI is InChI=1S/C15H13BrO/c1-2-11-7-3-4-8-12(11)15(17)13-9-5-6-10-14(13)16/h3-10H,2H2,1H3. The Balaban J connectivity index is 2.48. The molecule has 0 saturated carbocycles. The van der Waals surface area contributed by atoms with Gasteiger partial charge < -0.3 is 0 Å². The van der Waals surface area contributed by atoms with E-state index in [0.29, 0.717) is 5.56 Å². The van der Waals surface area contributed by atoms with Gasteiger partial charge in [0.15, 0.2) is 5.78 Å². The Hall–Kier alpha value is -1.41. The first-order valence-electron chi connectivity index (χ1n) is 5.61. The number of halogens is 1. The molecule has 0 saturated heterocycles. The molecule has 86 valence electrons. The average Bonchev–Trinajstić information content (AvgIpc) is 2.38. The molecule has 2 aromatic rings. The molecule has 0 aliphatic rings. The minimum absolute atomic E-state index is 0.0786. The quantitative estimate of drug-likeness (QED) is 0.772. The number of carbonyl (C=O) groups is 1. The number of rotatable bonds is 3. The highest BCUT2D eigenvalue weighted by Crippen LogP contribution is 2.21. The van der Waals surface area contributed by atoms with Crippen LogP contribution in [0.3, 0.4) is 0 Å². The van der Waals surface area contributed by atoms with Crippen LogP contribution in [0.5, 0.6) is 0 Å². The van der Waals surface area contributed by atoms with Gasteiger partial charge >= 0.3 is 0 Å². The third kappa shape index (κ3) is 2.47. The molecule has 2 aromatic carbocycles. The van der Waals surface area contributed by atoms with Crippen LogP contribution in [0.2, 0.25) is 0 Å². The highest BCUT2D eigenvalue weighted by molar-refractivity contribution is 9.10. The van der Waals surface area contributed by atoms with Gasteiger partial charge in [0, 0.05) is 15.6 Å². The Labute approximate surface area is 110 Å². The van der Waals surface area contributed by atoms with Crippen LogP contribution in [0.1, 0.15) is 28.4 Å². The molecule has 0 radical (unpaired) electrons. The van der Waals surface area contributed by atoms with Crippen LogP contribution in [0.4, 0.5) is 0 Å². The zero-order valence-corrected chi connectivity index (χ0v) is 11.2. The van der Waals surface area contributed by atoms with Gasteiger partial charge in [-0.1, -0.05) is 59.3 Å². The van der Waals surface area contributed by atoms with E-state index >= 15 is 0 Å². The lowest BCUT2D eigenvalue weighted by atomic mass is 9.97. The summed E-state index contributed by atoms with van der Waals surface area (Å²) in [5, 5.41) is 0. The second kappa shape index (κ2) is 5.28. The van der Waals surface area contributed by atoms with Gasteiger partial charge in [-0.05, 0) is 24.1 Å². The maximum Gasteiger partial charge on any atom is 0.194 e. The average molecular weight is 289 g/mol. The molecule has 0 atom stereocenters. The monoisotopic (exact) mass is 288 g/mol. The largest absolute Gasteiger partial charge is 0.289 e. The molecule has 2 rings (SSSR count). The molecule has 1 nitrogen and oxygen atoms in total. The Morgan fingerprint density at radius 3 is 2.24 bits per heavy atom. The van der Waals surface area contributed by atoms with Crippen LogP contribution in [-0.4, -0.2) is 5.78 Å². The first-order valence-corrected chi connectivity index (χ1v) is 6.40. The van der Waals surface area contributed by atoms with Crippen LogP contribution in [0.25, 0.3) is 0 Å². The first-order chi connectivity index (χ1) is 8.24. The summed E-state index contributed by atoms with van der Waals surface area (Å²) in [7, 11) is 0. The maximum absolute atomic E-state index is 12.4. The Kier molecular flexibility index (Phi) is 3.75. The van der Waals surface area contributed by atoms with Crippen molar-refractivity contribution in [2.75, 3.05) is 0 Å². The summed E-state index contributed by atoms with van der Waals surface area (Å²) in [6.45, 7) is 2.06. The van der Waals surface area contributed by atoms with Crippen molar-refractivity contribution in [1.82, 2.24) is 0 Å². The molecular weight excluding hydrogens is 276 g/mol. The molecule has 0 fully saturated rings. The van der Waals surface area contributed by atoms with Crippen molar-refractivity contribution < 1.29 is 4.79 Å². The molecule has 0 spiro atoms. The highest BCUT2D eigenvalue weighted by atomic mass is 79.9. The summed E-state index contributed by atoms with van der Waals surface area (Å²) in [4.78, 5) is 12.4. The van der Waals surface area contributed by atoms with E-state index in [9.17, 15) is 4.79 Å². The van der Waals surface area contributed by atoms with Crippen molar-refractivity contribution in [3.63, 3.8) is 0 Å². The summed E-state index contributed by atoms with van der Waals surface area (Å²) in [6.07, 6.45) is 0.867. The van der Waals surface area contributed by atoms with Crippen LogP contribution in [0, 0.1) is 0 Å². The van der Waals surface area contributed by atoms with Crippen molar-refractivity contribution in [3.05, 3.63) is 69.7 Å². The van der Waals surface area contributed by atoms with Gasteiger partial charge in [0.2, 0.25) is 0 Å². The van der Waals surface area contributed by atoms with E-state index in [1.807, 2.05) is 48.5 Å². The molecule has 0 heterocycles. The molecule has 0 amide bonds. The third-order valence-corrected chi connectivity index (χ3v) is 3.45. The number of benzene rings is 2. The van der Waals surface area contributed by atoms with Gasteiger partial charge in [-0.3, -0.25) is 4.79 Å². The van der Waals surface area contributed by atoms with E-state index in [4.69, 9.17) is 0 Å². The fourth-order valence-corrected chi connectivity index (χ4v) is 2.31. The molecule has 17 heavy (non-hydrogen) atoms. The van der Waals surface area contributed by atoms with Gasteiger partial charge in [-0.2, -0.15) is 0 Å². The smallest absolute Gasteiger partial charge is 0.194 e. The third-order valence-electron chi connectivity index (χ3n) is 2.76. The van der Waals surface area contributed by atoms with Gasteiger partial charge in [-0.25, -0.2) is 0 Å². The molecule has 0 aromatic heterocycles. The van der Waals surface area contributed by atoms with Crippen molar-refractivity contribution in [1.29, 1.82) is 0 Å². The maximum atomic E-state index is 12.4. The zero-order chi connectivity index (χ0) is 12.3. The molecule has 0 N–H and O–H groups in total. The summed E-state index contributed by atoms with van der Waals surface area (Å²) >= 11 is 3.42. The lowest BCUT2D eigenvalue weighted by Crippen LogP contribution is -2.05. The normalized spacial score (nSPS) is 10.2. The molecule has 0 bridgehead atoms. The second-order valence-electron chi connectivity index (χ2n) is 3.82. The Morgan fingerprint density at radius 2 is 1.59 bits per heavy atom. The summed E-state index contributed by atoms with van der Waals surface area (Å²) < 4.78 is 0.843. The summed E-state index contributed by atoms with van der Waals surface area (Å²) in [6, 6.07) is 15.3. The number of carbonyl (C=O) groups excluding carboxylic acids is 1. The molecular formula is C15H13BrO. The van der Waals surface area contributed by atoms with Crippen molar-refractivity contribution in [3.8, 4) is 0 Å². The molecule has 0 unspecified atom stereocenters. The van der Waals surface area contributed by atoms with E-state index in [0.717, 1.165) is 22.0 Å². The Morgan fingerprint density at radius 1 is 1.00 bits per heavy atom. The second-order valence-corrected chi connectivity index (χ2v) is 4.67. The lowest BCUT2D eigenvalue weighted by Gasteiger charge is -2.07. The van der Waals surface area contributed by atoms with E-state index in [2.05, 4.69) is 22.9 Å². The van der Waals surface area contributed by atoms with Crippen LogP contribution < -0.4 is 0 Å². The van der Waals surface area contributed by atoms with Crippen molar-refractivity contribution in [2.24, 2.45) is 0 Å². The molecule has 0 aliphatic carbocycles. The van der Waals surface area contributed by atoms with Crippen molar-refractivity contribution in [2.45, 2.75) is 13.3 Å².